The number of carbonyl (C=O) groups is 1. The molecule has 0 bridgehead atoms. The summed E-state index contributed by atoms with van der Waals surface area (Å²) in [6.07, 6.45) is -0.311. The Balaban J connectivity index is 1.89. The van der Waals surface area contributed by atoms with E-state index in [2.05, 4.69) is 4.99 Å². The van der Waals surface area contributed by atoms with Gasteiger partial charge in [-0.1, -0.05) is 6.07 Å². The molecule has 2 rings (SSSR count). The average molecular weight is 379 g/mol. The number of rotatable bonds is 3. The van der Waals surface area contributed by atoms with Gasteiger partial charge in [-0.3, -0.25) is 0 Å². The van der Waals surface area contributed by atoms with E-state index in [1.807, 2.05) is 31.7 Å². The first-order valence-electron chi connectivity index (χ1n) is 9.05. The van der Waals surface area contributed by atoms with Gasteiger partial charge in [0.05, 0.1) is 12.2 Å². The van der Waals surface area contributed by atoms with E-state index in [1.165, 1.54) is 6.07 Å². The summed E-state index contributed by atoms with van der Waals surface area (Å²) in [5.74, 6) is 0.119. The van der Waals surface area contributed by atoms with E-state index in [4.69, 9.17) is 10.5 Å². The van der Waals surface area contributed by atoms with Crippen molar-refractivity contribution in [2.75, 3.05) is 45.2 Å². The number of hydrogen-bond acceptors (Lipinski definition) is 4. The van der Waals surface area contributed by atoms with Crippen LogP contribution in [-0.4, -0.2) is 67.7 Å². The molecule has 150 valence electrons. The smallest absolute Gasteiger partial charge is 0.410 e. The maximum Gasteiger partial charge on any atom is 0.410 e. The van der Waals surface area contributed by atoms with Crippen molar-refractivity contribution in [1.82, 2.24) is 9.80 Å². The molecule has 27 heavy (non-hydrogen) atoms. The van der Waals surface area contributed by atoms with Crippen molar-refractivity contribution in [3.8, 4) is 0 Å². The van der Waals surface area contributed by atoms with Crippen molar-refractivity contribution in [3.05, 3.63) is 29.6 Å². The molecule has 1 aliphatic heterocycles. The lowest BCUT2D eigenvalue weighted by molar-refractivity contribution is 0.0186. The van der Waals surface area contributed by atoms with Gasteiger partial charge in [0.2, 0.25) is 0 Å². The first-order valence-corrected chi connectivity index (χ1v) is 9.05. The Morgan fingerprint density at radius 1 is 1.22 bits per heavy atom. The van der Waals surface area contributed by atoms with Gasteiger partial charge in [-0.15, -0.1) is 0 Å². The van der Waals surface area contributed by atoms with Gasteiger partial charge in [0, 0.05) is 40.3 Å². The van der Waals surface area contributed by atoms with Crippen molar-refractivity contribution in [3.63, 3.8) is 0 Å². The lowest BCUT2D eigenvalue weighted by Gasteiger charge is -2.36. The van der Waals surface area contributed by atoms with Gasteiger partial charge in [-0.25, -0.2) is 14.2 Å². The zero-order valence-electron chi connectivity index (χ0n) is 16.8. The Morgan fingerprint density at radius 3 is 2.33 bits per heavy atom. The Labute approximate surface area is 160 Å². The zero-order valence-corrected chi connectivity index (χ0v) is 16.8. The van der Waals surface area contributed by atoms with Crippen LogP contribution in [0, 0.1) is 5.82 Å². The minimum atomic E-state index is -0.508. The molecule has 1 aromatic rings. The van der Waals surface area contributed by atoms with E-state index in [0.29, 0.717) is 44.4 Å². The molecule has 0 spiro atoms. The molecule has 0 atom stereocenters. The van der Waals surface area contributed by atoms with Gasteiger partial charge >= 0.3 is 6.09 Å². The minimum absolute atomic E-state index is 0.280. The molecule has 1 aromatic carbocycles. The standard InChI is InChI=1S/C19H30FN5O2/c1-19(2,3)27-18(26)25-10-8-24(9-11-25)17(21)22-13-14-6-7-16(23(4)5)15(20)12-14/h6-7,12H,8-11,13H2,1-5H3,(H2,21,22). The fraction of sp³-hybridized carbons (Fsp3) is 0.579. The van der Waals surface area contributed by atoms with Crippen LogP contribution in [0.2, 0.25) is 0 Å². The number of hydrogen-bond donors (Lipinski definition) is 1. The summed E-state index contributed by atoms with van der Waals surface area (Å²) in [4.78, 5) is 21.8. The SMILES string of the molecule is CN(C)c1ccc(CN=C(N)N2CCN(C(=O)OC(C)(C)C)CC2)cc1F. The van der Waals surface area contributed by atoms with Gasteiger partial charge in [0.1, 0.15) is 11.4 Å². The van der Waals surface area contributed by atoms with Crippen molar-refractivity contribution in [2.24, 2.45) is 10.7 Å². The number of carbonyl (C=O) groups excluding carboxylic acids is 1. The molecule has 8 heteroatoms. The first-order chi connectivity index (χ1) is 12.6. The average Bonchev–Trinajstić information content (AvgIpc) is 2.58. The van der Waals surface area contributed by atoms with E-state index < -0.39 is 5.60 Å². The Hall–Kier alpha value is -2.51. The zero-order chi connectivity index (χ0) is 20.2. The second-order valence-corrected chi connectivity index (χ2v) is 7.81. The second kappa shape index (κ2) is 8.45. The van der Waals surface area contributed by atoms with Gasteiger partial charge < -0.3 is 25.2 Å². The number of guanidine groups is 1. The molecule has 1 aliphatic rings. The summed E-state index contributed by atoms with van der Waals surface area (Å²) >= 11 is 0. The fourth-order valence-corrected chi connectivity index (χ4v) is 2.73. The normalized spacial score (nSPS) is 15.7. The lowest BCUT2D eigenvalue weighted by atomic mass is 10.2. The number of benzene rings is 1. The molecular weight excluding hydrogens is 349 g/mol. The molecule has 1 heterocycles. The molecule has 1 fully saturated rings. The maximum absolute atomic E-state index is 14.0. The van der Waals surface area contributed by atoms with E-state index in [1.54, 1.807) is 30.0 Å². The highest BCUT2D eigenvalue weighted by Gasteiger charge is 2.26. The fourth-order valence-electron chi connectivity index (χ4n) is 2.73. The highest BCUT2D eigenvalue weighted by molar-refractivity contribution is 5.78. The van der Waals surface area contributed by atoms with Crippen LogP contribution in [0.4, 0.5) is 14.9 Å². The van der Waals surface area contributed by atoms with Gasteiger partial charge in [-0.2, -0.15) is 0 Å². The summed E-state index contributed by atoms with van der Waals surface area (Å²) in [5, 5.41) is 0. The summed E-state index contributed by atoms with van der Waals surface area (Å²) in [6, 6.07) is 5.05. The van der Waals surface area contributed by atoms with E-state index >= 15 is 0 Å². The number of nitrogens with zero attached hydrogens (tertiary/aromatic N) is 4. The predicted molar refractivity (Wildman–Crippen MR) is 105 cm³/mol. The quantitative estimate of drug-likeness (QED) is 0.644. The molecular formula is C19H30FN5O2. The second-order valence-electron chi connectivity index (χ2n) is 7.81. The Bertz CT molecular complexity index is 692. The largest absolute Gasteiger partial charge is 0.444 e. The number of nitrogens with two attached hydrogens (primary N) is 1. The third kappa shape index (κ3) is 6.01. The van der Waals surface area contributed by atoms with Crippen LogP contribution >= 0.6 is 0 Å². The molecule has 1 saturated heterocycles. The van der Waals surface area contributed by atoms with E-state index in [9.17, 15) is 9.18 Å². The molecule has 0 saturated carbocycles. The van der Waals surface area contributed by atoms with Crippen molar-refractivity contribution >= 4 is 17.7 Å². The first kappa shape index (κ1) is 20.8. The number of aliphatic imine (C=N–C) groups is 1. The van der Waals surface area contributed by atoms with Gasteiger partial charge in [0.15, 0.2) is 5.96 Å². The lowest BCUT2D eigenvalue weighted by Crippen LogP contribution is -2.53. The number of anilines is 1. The number of amides is 1. The highest BCUT2D eigenvalue weighted by Crippen LogP contribution is 2.19. The molecule has 0 aromatic heterocycles. The van der Waals surface area contributed by atoms with Crippen molar-refractivity contribution in [1.29, 1.82) is 0 Å². The third-order valence-electron chi connectivity index (χ3n) is 4.17. The van der Waals surface area contributed by atoms with E-state index in [0.717, 1.165) is 5.56 Å². The topological polar surface area (TPSA) is 74.4 Å². The molecule has 2 N–H and O–H groups in total. The van der Waals surface area contributed by atoms with Crippen LogP contribution in [0.1, 0.15) is 26.3 Å². The predicted octanol–water partition coefficient (Wildman–Crippen LogP) is 2.26. The van der Waals surface area contributed by atoms with E-state index in [-0.39, 0.29) is 11.9 Å². The number of piperazine rings is 1. The van der Waals surface area contributed by atoms with Crippen LogP contribution in [0.5, 0.6) is 0 Å². The van der Waals surface area contributed by atoms with Crippen molar-refractivity contribution in [2.45, 2.75) is 32.9 Å². The highest BCUT2D eigenvalue weighted by atomic mass is 19.1. The summed E-state index contributed by atoms with van der Waals surface area (Å²) in [6.45, 7) is 8.07. The number of halogens is 1. The Morgan fingerprint density at radius 2 is 1.81 bits per heavy atom. The monoisotopic (exact) mass is 379 g/mol. The maximum atomic E-state index is 14.0. The van der Waals surface area contributed by atoms with Crippen LogP contribution in [-0.2, 0) is 11.3 Å². The molecule has 0 aliphatic carbocycles. The summed E-state index contributed by atoms with van der Waals surface area (Å²) in [5.41, 5.74) is 6.86. The van der Waals surface area contributed by atoms with Crippen molar-refractivity contribution < 1.29 is 13.9 Å². The molecule has 7 nitrogen and oxygen atoms in total. The molecule has 0 radical (unpaired) electrons. The minimum Gasteiger partial charge on any atom is -0.444 e. The summed E-state index contributed by atoms with van der Waals surface area (Å²) < 4.78 is 19.4. The molecule has 0 unspecified atom stereocenters. The van der Waals surface area contributed by atoms with Gasteiger partial charge in [-0.05, 0) is 38.5 Å². The Kier molecular flexibility index (Phi) is 6.51. The van der Waals surface area contributed by atoms with Crippen LogP contribution in [0.15, 0.2) is 23.2 Å². The van der Waals surface area contributed by atoms with Crippen LogP contribution in [0.25, 0.3) is 0 Å². The van der Waals surface area contributed by atoms with Crippen LogP contribution < -0.4 is 10.6 Å². The van der Waals surface area contributed by atoms with Gasteiger partial charge in [0.25, 0.3) is 0 Å². The third-order valence-corrected chi connectivity index (χ3v) is 4.17. The molecule has 1 amide bonds. The summed E-state index contributed by atoms with van der Waals surface area (Å²) in [7, 11) is 3.59. The number of ether oxygens (including phenoxy) is 1. The van der Waals surface area contributed by atoms with Crippen LogP contribution in [0.3, 0.4) is 0 Å².